The number of hydrogen-bond acceptors (Lipinski definition) is 4. The molecule has 0 spiro atoms. The Hall–Kier alpha value is -1.72. The second kappa shape index (κ2) is 2.72. The molecule has 1 rings (SSSR count). The number of aromatic hydroxyl groups is 1. The number of aromatic amines is 1. The fourth-order valence-corrected chi connectivity index (χ4v) is 0.863. The fourth-order valence-electron chi connectivity index (χ4n) is 0.863. The number of rotatable bonds is 1. The number of H-pyrrole nitrogens is 1. The summed E-state index contributed by atoms with van der Waals surface area (Å²) in [5, 5.41) is 10.5. The van der Waals surface area contributed by atoms with Crippen molar-refractivity contribution in [3.63, 3.8) is 0 Å². The number of aromatic nitrogens is 2. The number of nitrogens with zero attached hydrogens (tertiary/aromatic N) is 2. The summed E-state index contributed by atoms with van der Waals surface area (Å²) in [5.41, 5.74) is -1.28. The fraction of sp³-hybridized carbons (Fsp3) is 0.333. The molecule has 0 aromatic carbocycles. The standard InChI is InChI=1S/C6H9N3O3/c1-8(2)9-5(11)3-4(10)7-6(9)12/h3,11H,1-2H3,(H,7,10,12). The van der Waals surface area contributed by atoms with E-state index in [1.807, 2.05) is 4.98 Å². The van der Waals surface area contributed by atoms with Gasteiger partial charge in [-0.15, -0.1) is 0 Å². The highest BCUT2D eigenvalue weighted by molar-refractivity contribution is 5.08. The Bertz CT molecular complexity index is 390. The van der Waals surface area contributed by atoms with E-state index in [1.165, 1.54) is 5.01 Å². The Balaban J connectivity index is 3.49. The topological polar surface area (TPSA) is 78.3 Å². The van der Waals surface area contributed by atoms with Crippen molar-refractivity contribution in [2.24, 2.45) is 0 Å². The van der Waals surface area contributed by atoms with Crippen molar-refractivity contribution < 1.29 is 5.11 Å². The molecule has 0 unspecified atom stereocenters. The molecule has 0 amide bonds. The Kier molecular flexibility index (Phi) is 1.90. The van der Waals surface area contributed by atoms with Gasteiger partial charge >= 0.3 is 5.69 Å². The van der Waals surface area contributed by atoms with Gasteiger partial charge in [-0.2, -0.15) is 4.68 Å². The van der Waals surface area contributed by atoms with Gasteiger partial charge in [0.1, 0.15) is 0 Å². The van der Waals surface area contributed by atoms with Crippen LogP contribution in [0.25, 0.3) is 0 Å². The van der Waals surface area contributed by atoms with E-state index in [4.69, 9.17) is 5.11 Å². The number of hydrogen-bond donors (Lipinski definition) is 2. The smallest absolute Gasteiger partial charge is 0.350 e. The largest absolute Gasteiger partial charge is 0.493 e. The van der Waals surface area contributed by atoms with E-state index < -0.39 is 11.2 Å². The molecule has 2 N–H and O–H groups in total. The first-order chi connectivity index (χ1) is 5.52. The van der Waals surface area contributed by atoms with Crippen LogP contribution < -0.4 is 16.3 Å². The quantitative estimate of drug-likeness (QED) is 0.535. The molecular weight excluding hydrogens is 162 g/mol. The summed E-state index contributed by atoms with van der Waals surface area (Å²) < 4.78 is 0.932. The summed E-state index contributed by atoms with van der Waals surface area (Å²) in [6, 6.07) is 0.932. The molecule has 0 fully saturated rings. The lowest BCUT2D eigenvalue weighted by Gasteiger charge is -2.15. The Labute approximate surface area is 67.7 Å². The molecular formula is C6H9N3O3. The van der Waals surface area contributed by atoms with Crippen molar-refractivity contribution >= 4 is 0 Å². The average molecular weight is 171 g/mol. The van der Waals surface area contributed by atoms with E-state index >= 15 is 0 Å². The Morgan fingerprint density at radius 3 is 2.50 bits per heavy atom. The highest BCUT2D eigenvalue weighted by Crippen LogP contribution is 1.97. The maximum atomic E-state index is 11.0. The van der Waals surface area contributed by atoms with Crippen molar-refractivity contribution in [2.75, 3.05) is 19.1 Å². The van der Waals surface area contributed by atoms with E-state index in [2.05, 4.69) is 0 Å². The molecule has 1 aromatic heterocycles. The molecule has 0 atom stereocenters. The Morgan fingerprint density at radius 2 is 2.08 bits per heavy atom. The summed E-state index contributed by atoms with van der Waals surface area (Å²) in [5.74, 6) is -0.381. The first kappa shape index (κ1) is 8.38. The molecule has 0 aliphatic carbocycles. The van der Waals surface area contributed by atoms with Gasteiger partial charge in [-0.3, -0.25) is 9.78 Å². The molecule has 66 valence electrons. The lowest BCUT2D eigenvalue weighted by Crippen LogP contribution is -2.39. The van der Waals surface area contributed by atoms with Crippen LogP contribution in [0.4, 0.5) is 0 Å². The van der Waals surface area contributed by atoms with Crippen LogP contribution in [0, 0.1) is 0 Å². The van der Waals surface area contributed by atoms with Crippen molar-refractivity contribution in [1.82, 2.24) is 9.66 Å². The molecule has 1 aromatic rings. The van der Waals surface area contributed by atoms with E-state index in [0.29, 0.717) is 0 Å². The molecule has 0 saturated heterocycles. The van der Waals surface area contributed by atoms with E-state index in [-0.39, 0.29) is 5.88 Å². The van der Waals surface area contributed by atoms with E-state index in [9.17, 15) is 9.59 Å². The average Bonchev–Trinajstić information content (AvgIpc) is 1.82. The SMILES string of the molecule is CN(C)n1c(O)cc(=O)[nH]c1=O. The third-order valence-corrected chi connectivity index (χ3v) is 1.30. The van der Waals surface area contributed by atoms with E-state index in [1.54, 1.807) is 14.1 Å². The maximum absolute atomic E-state index is 11.0. The van der Waals surface area contributed by atoms with Crippen LogP contribution >= 0.6 is 0 Å². The summed E-state index contributed by atoms with van der Waals surface area (Å²) in [6.45, 7) is 0. The maximum Gasteiger partial charge on any atom is 0.350 e. The molecule has 0 bridgehead atoms. The van der Waals surface area contributed by atoms with Gasteiger partial charge in [0.05, 0.1) is 6.07 Å². The summed E-state index contributed by atoms with van der Waals surface area (Å²) in [4.78, 5) is 23.7. The molecule has 6 heteroatoms. The van der Waals surface area contributed by atoms with Gasteiger partial charge in [0.25, 0.3) is 5.56 Å². The summed E-state index contributed by atoms with van der Waals surface area (Å²) in [7, 11) is 3.14. The van der Waals surface area contributed by atoms with E-state index in [0.717, 1.165) is 10.7 Å². The first-order valence-corrected chi connectivity index (χ1v) is 3.25. The number of nitrogens with one attached hydrogen (secondary N) is 1. The summed E-state index contributed by atoms with van der Waals surface area (Å²) >= 11 is 0. The van der Waals surface area contributed by atoms with Crippen LogP contribution in [0.1, 0.15) is 0 Å². The van der Waals surface area contributed by atoms with Gasteiger partial charge in [0.2, 0.25) is 5.88 Å². The van der Waals surface area contributed by atoms with Crippen molar-refractivity contribution in [3.05, 3.63) is 26.9 Å². The zero-order valence-corrected chi connectivity index (χ0v) is 6.74. The van der Waals surface area contributed by atoms with Crippen LogP contribution in [0.15, 0.2) is 15.7 Å². The predicted molar refractivity (Wildman–Crippen MR) is 43.1 cm³/mol. The minimum atomic E-state index is -0.662. The van der Waals surface area contributed by atoms with Gasteiger partial charge in [0.15, 0.2) is 0 Å². The zero-order chi connectivity index (χ0) is 9.30. The van der Waals surface area contributed by atoms with Crippen molar-refractivity contribution in [3.8, 4) is 5.88 Å². The van der Waals surface area contributed by atoms with Crippen molar-refractivity contribution in [2.45, 2.75) is 0 Å². The highest BCUT2D eigenvalue weighted by Gasteiger charge is 2.04. The molecule has 0 saturated carbocycles. The predicted octanol–water partition coefficient (Wildman–Crippen LogP) is -1.56. The van der Waals surface area contributed by atoms with Gasteiger partial charge < -0.3 is 10.1 Å². The lowest BCUT2D eigenvalue weighted by atomic mass is 10.6. The second-order valence-corrected chi connectivity index (χ2v) is 2.46. The second-order valence-electron chi connectivity index (χ2n) is 2.46. The van der Waals surface area contributed by atoms with Crippen LogP contribution in [-0.2, 0) is 0 Å². The first-order valence-electron chi connectivity index (χ1n) is 3.25. The lowest BCUT2D eigenvalue weighted by molar-refractivity contribution is 0.404. The van der Waals surface area contributed by atoms with Crippen LogP contribution in [0.2, 0.25) is 0 Å². The van der Waals surface area contributed by atoms with Crippen LogP contribution in [-0.4, -0.2) is 28.9 Å². The normalized spacial score (nSPS) is 9.83. The van der Waals surface area contributed by atoms with Gasteiger partial charge in [-0.25, -0.2) is 4.79 Å². The molecule has 0 aliphatic rings. The molecule has 0 radical (unpaired) electrons. The molecule has 1 heterocycles. The summed E-state index contributed by atoms with van der Waals surface area (Å²) in [6.07, 6.45) is 0. The van der Waals surface area contributed by atoms with Crippen LogP contribution in [0.5, 0.6) is 5.88 Å². The van der Waals surface area contributed by atoms with Gasteiger partial charge in [-0.1, -0.05) is 0 Å². The molecule has 6 nitrogen and oxygen atoms in total. The van der Waals surface area contributed by atoms with Crippen molar-refractivity contribution in [1.29, 1.82) is 0 Å². The highest BCUT2D eigenvalue weighted by atomic mass is 16.3. The third kappa shape index (κ3) is 1.31. The minimum Gasteiger partial charge on any atom is -0.493 e. The third-order valence-electron chi connectivity index (χ3n) is 1.30. The molecule has 12 heavy (non-hydrogen) atoms. The Morgan fingerprint density at radius 1 is 1.50 bits per heavy atom. The van der Waals surface area contributed by atoms with Gasteiger partial charge in [0, 0.05) is 14.1 Å². The monoisotopic (exact) mass is 171 g/mol. The van der Waals surface area contributed by atoms with Crippen LogP contribution in [0.3, 0.4) is 0 Å². The van der Waals surface area contributed by atoms with Gasteiger partial charge in [-0.05, 0) is 0 Å². The zero-order valence-electron chi connectivity index (χ0n) is 6.74. The molecule has 0 aliphatic heterocycles. The minimum absolute atomic E-state index is 0.381.